The van der Waals surface area contributed by atoms with E-state index in [0.717, 1.165) is 34.7 Å². The number of thiazole rings is 1. The molecule has 2 aromatic carbocycles. The van der Waals surface area contributed by atoms with Gasteiger partial charge in [-0.1, -0.05) is 13.0 Å². The summed E-state index contributed by atoms with van der Waals surface area (Å²) >= 11 is 1.53. The highest BCUT2D eigenvalue weighted by atomic mass is 32.1. The predicted molar refractivity (Wildman–Crippen MR) is 144 cm³/mol. The summed E-state index contributed by atoms with van der Waals surface area (Å²) in [5.74, 6) is 1.83. The molecular weight excluding hydrogens is 490 g/mol. The molecule has 0 spiro atoms. The SMILES string of the molecule is CCC(C(=O)O)[C@@H]1CCc2cc(OCCCOc3ccc(-c4nc(OC(C)C)cs4)cc3OC)ccc21. The average molecular weight is 526 g/mol. The molecule has 3 aromatic rings. The normalized spacial score (nSPS) is 15.3. The van der Waals surface area contributed by atoms with E-state index >= 15 is 0 Å². The molecule has 1 aliphatic rings. The number of aromatic nitrogens is 1. The molecule has 1 aliphatic carbocycles. The topological polar surface area (TPSA) is 87.1 Å². The molecule has 8 heteroatoms. The van der Waals surface area contributed by atoms with Crippen LogP contribution >= 0.6 is 11.3 Å². The summed E-state index contributed by atoms with van der Waals surface area (Å²) < 4.78 is 23.1. The van der Waals surface area contributed by atoms with Gasteiger partial charge in [0.2, 0.25) is 5.88 Å². The molecule has 0 bridgehead atoms. The van der Waals surface area contributed by atoms with Crippen molar-refractivity contribution in [1.29, 1.82) is 0 Å². The Balaban J connectivity index is 1.28. The van der Waals surface area contributed by atoms with Crippen LogP contribution in [0.4, 0.5) is 0 Å². The summed E-state index contributed by atoms with van der Waals surface area (Å²) in [7, 11) is 1.63. The fourth-order valence-electron chi connectivity index (χ4n) is 4.80. The molecule has 0 fully saturated rings. The number of ether oxygens (including phenoxy) is 4. The molecule has 0 aliphatic heterocycles. The van der Waals surface area contributed by atoms with Gasteiger partial charge >= 0.3 is 5.97 Å². The van der Waals surface area contributed by atoms with E-state index < -0.39 is 5.97 Å². The Labute approximate surface area is 222 Å². The van der Waals surface area contributed by atoms with E-state index in [0.29, 0.717) is 43.4 Å². The number of methoxy groups -OCH3 is 1. The Kier molecular flexibility index (Phi) is 8.92. The van der Waals surface area contributed by atoms with Crippen LogP contribution in [0, 0.1) is 5.92 Å². The molecule has 0 radical (unpaired) electrons. The van der Waals surface area contributed by atoms with E-state index in [2.05, 4.69) is 11.1 Å². The number of fused-ring (bicyclic) bond motifs is 1. The molecular formula is C29H35NO6S. The fourth-order valence-corrected chi connectivity index (χ4v) is 5.53. The van der Waals surface area contributed by atoms with Crippen molar-refractivity contribution in [2.45, 2.75) is 58.5 Å². The Morgan fingerprint density at radius 3 is 2.68 bits per heavy atom. The van der Waals surface area contributed by atoms with Crippen molar-refractivity contribution in [3.05, 3.63) is 52.9 Å². The molecule has 4 rings (SSSR count). The third-order valence-electron chi connectivity index (χ3n) is 6.55. The summed E-state index contributed by atoms with van der Waals surface area (Å²) in [5, 5.41) is 12.3. The quantitative estimate of drug-likeness (QED) is 0.252. The van der Waals surface area contributed by atoms with Gasteiger partial charge < -0.3 is 24.1 Å². The fraction of sp³-hybridized carbons (Fsp3) is 0.448. The third-order valence-corrected chi connectivity index (χ3v) is 7.42. The van der Waals surface area contributed by atoms with Crippen LogP contribution in [0.2, 0.25) is 0 Å². The smallest absolute Gasteiger partial charge is 0.307 e. The standard InChI is InChI=1S/C29H35NO6S/c1-5-22(29(31)32)24-10-7-19-15-21(9-11-23(19)24)34-13-6-14-35-25-12-8-20(16-26(25)33-4)28-30-27(17-37-28)36-18(2)3/h8-9,11-12,15-18,22,24H,5-7,10,13-14H2,1-4H3,(H,31,32)/t22?,24-/m0/s1. The van der Waals surface area contributed by atoms with Crippen LogP contribution in [-0.2, 0) is 11.2 Å². The van der Waals surface area contributed by atoms with Crippen LogP contribution in [0.25, 0.3) is 10.6 Å². The van der Waals surface area contributed by atoms with Crippen molar-refractivity contribution in [2.75, 3.05) is 20.3 Å². The van der Waals surface area contributed by atoms with Crippen molar-refractivity contribution in [3.8, 4) is 33.7 Å². The number of carboxylic acids is 1. The van der Waals surface area contributed by atoms with Crippen LogP contribution in [0.5, 0.6) is 23.1 Å². The number of nitrogens with zero attached hydrogens (tertiary/aromatic N) is 1. The maximum Gasteiger partial charge on any atom is 0.307 e. The van der Waals surface area contributed by atoms with Crippen LogP contribution < -0.4 is 18.9 Å². The Morgan fingerprint density at radius 2 is 1.95 bits per heavy atom. The molecule has 1 N–H and O–H groups in total. The number of aliphatic carboxylic acids is 1. The average Bonchev–Trinajstić information content (AvgIpc) is 3.51. The van der Waals surface area contributed by atoms with Gasteiger partial charge in [0.05, 0.1) is 37.7 Å². The molecule has 7 nitrogen and oxygen atoms in total. The monoisotopic (exact) mass is 525 g/mol. The van der Waals surface area contributed by atoms with Gasteiger partial charge in [-0.3, -0.25) is 4.79 Å². The van der Waals surface area contributed by atoms with Crippen LogP contribution in [0.3, 0.4) is 0 Å². The Bertz CT molecular complexity index is 1210. The number of benzene rings is 2. The zero-order chi connectivity index (χ0) is 26.4. The molecule has 1 heterocycles. The van der Waals surface area contributed by atoms with Gasteiger partial charge in [-0.25, -0.2) is 4.98 Å². The van der Waals surface area contributed by atoms with E-state index in [4.69, 9.17) is 18.9 Å². The minimum absolute atomic E-state index is 0.0802. The molecule has 2 atom stereocenters. The minimum Gasteiger partial charge on any atom is -0.493 e. The van der Waals surface area contributed by atoms with Crippen LogP contribution in [0.1, 0.15) is 57.1 Å². The second kappa shape index (κ2) is 12.3. The highest BCUT2D eigenvalue weighted by Crippen LogP contribution is 2.41. The van der Waals surface area contributed by atoms with E-state index in [1.165, 1.54) is 16.9 Å². The summed E-state index contributed by atoms with van der Waals surface area (Å²) in [5.41, 5.74) is 3.30. The Morgan fingerprint density at radius 1 is 1.14 bits per heavy atom. The van der Waals surface area contributed by atoms with Crippen molar-refractivity contribution in [1.82, 2.24) is 4.98 Å². The zero-order valence-corrected chi connectivity index (χ0v) is 22.7. The highest BCUT2D eigenvalue weighted by Gasteiger charge is 2.33. The first-order chi connectivity index (χ1) is 17.9. The summed E-state index contributed by atoms with van der Waals surface area (Å²) in [6.07, 6.45) is 3.21. The molecule has 37 heavy (non-hydrogen) atoms. The maximum atomic E-state index is 11.6. The van der Waals surface area contributed by atoms with Gasteiger partial charge in [-0.05, 0) is 80.5 Å². The van der Waals surface area contributed by atoms with Gasteiger partial charge in [0, 0.05) is 12.0 Å². The van der Waals surface area contributed by atoms with Gasteiger partial charge in [0.15, 0.2) is 11.5 Å². The van der Waals surface area contributed by atoms with Crippen LogP contribution in [0.15, 0.2) is 41.8 Å². The number of aryl methyl sites for hydroxylation is 1. The predicted octanol–water partition coefficient (Wildman–Crippen LogP) is 6.59. The summed E-state index contributed by atoms with van der Waals surface area (Å²) in [6, 6.07) is 11.8. The van der Waals surface area contributed by atoms with E-state index in [-0.39, 0.29) is 17.9 Å². The third kappa shape index (κ3) is 6.55. The summed E-state index contributed by atoms with van der Waals surface area (Å²) in [4.78, 5) is 16.1. The molecule has 1 unspecified atom stereocenters. The van der Waals surface area contributed by atoms with Gasteiger partial charge in [0.25, 0.3) is 0 Å². The van der Waals surface area contributed by atoms with Crippen molar-refractivity contribution in [2.24, 2.45) is 5.92 Å². The number of hydrogen-bond acceptors (Lipinski definition) is 7. The first-order valence-corrected chi connectivity index (χ1v) is 13.7. The first kappa shape index (κ1) is 26.8. The molecule has 198 valence electrons. The second-order valence-corrected chi connectivity index (χ2v) is 10.3. The van der Waals surface area contributed by atoms with Crippen molar-refractivity contribution in [3.63, 3.8) is 0 Å². The molecule has 0 amide bonds. The number of rotatable bonds is 13. The number of carboxylic acid groups (broad SMARTS) is 1. The van der Waals surface area contributed by atoms with Crippen molar-refractivity contribution < 1.29 is 28.8 Å². The van der Waals surface area contributed by atoms with Gasteiger partial charge in [0.1, 0.15) is 10.8 Å². The maximum absolute atomic E-state index is 11.6. The Hall–Kier alpha value is -3.26. The van der Waals surface area contributed by atoms with E-state index in [1.807, 2.05) is 56.5 Å². The van der Waals surface area contributed by atoms with E-state index in [9.17, 15) is 9.90 Å². The molecule has 1 aromatic heterocycles. The van der Waals surface area contributed by atoms with Gasteiger partial charge in [-0.2, -0.15) is 0 Å². The lowest BCUT2D eigenvalue weighted by molar-refractivity contribution is -0.142. The molecule has 0 saturated carbocycles. The first-order valence-electron chi connectivity index (χ1n) is 12.8. The molecule has 0 saturated heterocycles. The summed E-state index contributed by atoms with van der Waals surface area (Å²) in [6.45, 7) is 6.91. The van der Waals surface area contributed by atoms with Crippen molar-refractivity contribution >= 4 is 17.3 Å². The van der Waals surface area contributed by atoms with Gasteiger partial charge in [-0.15, -0.1) is 11.3 Å². The second-order valence-electron chi connectivity index (χ2n) is 9.43. The van der Waals surface area contributed by atoms with E-state index in [1.54, 1.807) is 7.11 Å². The lowest BCUT2D eigenvalue weighted by Gasteiger charge is -2.19. The number of carbonyl (C=O) groups is 1. The lowest BCUT2D eigenvalue weighted by atomic mass is 9.85. The largest absolute Gasteiger partial charge is 0.493 e. The lowest BCUT2D eigenvalue weighted by Crippen LogP contribution is -2.19. The van der Waals surface area contributed by atoms with Crippen LogP contribution in [-0.4, -0.2) is 42.5 Å². The minimum atomic E-state index is -0.708. The number of hydrogen-bond donors (Lipinski definition) is 1. The highest BCUT2D eigenvalue weighted by molar-refractivity contribution is 7.13. The zero-order valence-electron chi connectivity index (χ0n) is 21.9.